The predicted molar refractivity (Wildman–Crippen MR) is 101 cm³/mol. The van der Waals surface area contributed by atoms with Gasteiger partial charge in [0, 0.05) is 12.5 Å². The van der Waals surface area contributed by atoms with Gasteiger partial charge in [-0.15, -0.1) is 0 Å². The molecule has 0 bridgehead atoms. The fourth-order valence-corrected chi connectivity index (χ4v) is 5.07. The average molecular weight is 399 g/mol. The maximum Gasteiger partial charge on any atom is 0.269 e. The van der Waals surface area contributed by atoms with Gasteiger partial charge in [-0.25, -0.2) is 12.7 Å². The SMILES string of the molecule is C[C@@H]1CC(=O)Nc2ccccc2N1C(=O)CN1C(=O)c2ccccc2S1(=O)=O. The van der Waals surface area contributed by atoms with Crippen LogP contribution >= 0.6 is 0 Å². The van der Waals surface area contributed by atoms with Crippen LogP contribution in [-0.2, 0) is 19.6 Å². The lowest BCUT2D eigenvalue weighted by Crippen LogP contribution is -2.46. The van der Waals surface area contributed by atoms with Crippen molar-refractivity contribution in [1.82, 2.24) is 4.31 Å². The van der Waals surface area contributed by atoms with Gasteiger partial charge in [0.2, 0.25) is 11.8 Å². The van der Waals surface area contributed by atoms with Crippen molar-refractivity contribution in [3.63, 3.8) is 0 Å². The number of nitrogens with one attached hydrogen (secondary N) is 1. The summed E-state index contributed by atoms with van der Waals surface area (Å²) in [6.07, 6.45) is 0.0569. The Labute approximate surface area is 161 Å². The van der Waals surface area contributed by atoms with E-state index in [4.69, 9.17) is 0 Å². The summed E-state index contributed by atoms with van der Waals surface area (Å²) in [7, 11) is -4.09. The van der Waals surface area contributed by atoms with Crippen molar-refractivity contribution in [3.05, 3.63) is 54.1 Å². The van der Waals surface area contributed by atoms with Crippen molar-refractivity contribution < 1.29 is 22.8 Å². The highest BCUT2D eigenvalue weighted by Crippen LogP contribution is 2.33. The summed E-state index contributed by atoms with van der Waals surface area (Å²) in [5, 5.41) is 2.74. The second-order valence-corrected chi connectivity index (χ2v) is 8.53. The van der Waals surface area contributed by atoms with E-state index in [0.29, 0.717) is 15.7 Å². The molecule has 2 aromatic rings. The molecular weight excluding hydrogens is 382 g/mol. The van der Waals surface area contributed by atoms with Gasteiger partial charge in [-0.3, -0.25) is 14.4 Å². The van der Waals surface area contributed by atoms with Crippen molar-refractivity contribution in [2.24, 2.45) is 0 Å². The molecule has 0 aliphatic carbocycles. The van der Waals surface area contributed by atoms with Crippen molar-refractivity contribution in [3.8, 4) is 0 Å². The lowest BCUT2D eigenvalue weighted by Gasteiger charge is -2.29. The van der Waals surface area contributed by atoms with E-state index in [1.54, 1.807) is 37.3 Å². The number of nitrogens with zero attached hydrogens (tertiary/aromatic N) is 2. The lowest BCUT2D eigenvalue weighted by molar-refractivity contribution is -0.119. The van der Waals surface area contributed by atoms with Gasteiger partial charge in [0.25, 0.3) is 15.9 Å². The molecule has 0 radical (unpaired) electrons. The topological polar surface area (TPSA) is 104 Å². The maximum atomic E-state index is 13.1. The first-order chi connectivity index (χ1) is 13.3. The molecule has 2 aliphatic rings. The second kappa shape index (κ2) is 6.45. The number of carbonyl (C=O) groups is 3. The Bertz CT molecular complexity index is 1110. The standard InChI is InChI=1S/C19H17N3O5S/c1-12-10-17(23)20-14-7-3-4-8-15(14)22(12)18(24)11-21-19(25)13-6-2-5-9-16(13)28(21,26)27/h2-9,12H,10-11H2,1H3,(H,20,23)/t12-/m1/s1. The third-order valence-corrected chi connectivity index (χ3v) is 6.61. The van der Waals surface area contributed by atoms with Crippen LogP contribution < -0.4 is 10.2 Å². The summed E-state index contributed by atoms with van der Waals surface area (Å²) in [4.78, 5) is 39.0. The Morgan fingerprint density at radius 3 is 2.54 bits per heavy atom. The molecule has 0 fully saturated rings. The number of anilines is 2. The first-order valence-corrected chi connectivity index (χ1v) is 10.1. The zero-order valence-electron chi connectivity index (χ0n) is 15.0. The number of rotatable bonds is 2. The fraction of sp³-hybridized carbons (Fsp3) is 0.211. The van der Waals surface area contributed by atoms with Crippen LogP contribution in [-0.4, -0.2) is 43.0 Å². The third kappa shape index (κ3) is 2.75. The van der Waals surface area contributed by atoms with Crippen LogP contribution in [0.1, 0.15) is 23.7 Å². The fourth-order valence-electron chi connectivity index (χ4n) is 3.55. The Morgan fingerprint density at radius 1 is 1.11 bits per heavy atom. The highest BCUT2D eigenvalue weighted by Gasteiger charge is 2.43. The molecular formula is C19H17N3O5S. The quantitative estimate of drug-likeness (QED) is 0.826. The molecule has 0 aromatic heterocycles. The van der Waals surface area contributed by atoms with Crippen LogP contribution in [0.3, 0.4) is 0 Å². The highest BCUT2D eigenvalue weighted by atomic mass is 32.2. The summed E-state index contributed by atoms with van der Waals surface area (Å²) in [5.41, 5.74) is 0.980. The summed E-state index contributed by atoms with van der Waals surface area (Å²) < 4.78 is 26.0. The molecule has 1 atom stereocenters. The minimum Gasteiger partial charge on any atom is -0.324 e. The lowest BCUT2D eigenvalue weighted by atomic mass is 10.1. The van der Waals surface area contributed by atoms with Crippen molar-refractivity contribution in [2.45, 2.75) is 24.3 Å². The molecule has 28 heavy (non-hydrogen) atoms. The first kappa shape index (κ1) is 18.2. The zero-order chi connectivity index (χ0) is 20.1. The van der Waals surface area contributed by atoms with E-state index >= 15 is 0 Å². The Morgan fingerprint density at radius 2 is 1.79 bits per heavy atom. The van der Waals surface area contributed by atoms with Gasteiger partial charge in [-0.2, -0.15) is 0 Å². The number of sulfonamides is 1. The predicted octanol–water partition coefficient (Wildman–Crippen LogP) is 1.59. The van der Waals surface area contributed by atoms with E-state index in [2.05, 4.69) is 5.32 Å². The van der Waals surface area contributed by atoms with Crippen LogP contribution in [0.5, 0.6) is 0 Å². The molecule has 144 valence electrons. The molecule has 0 unspecified atom stereocenters. The second-order valence-electron chi connectivity index (χ2n) is 6.70. The number of hydrogen-bond acceptors (Lipinski definition) is 5. The monoisotopic (exact) mass is 399 g/mol. The maximum absolute atomic E-state index is 13.1. The van der Waals surface area contributed by atoms with Gasteiger partial charge in [0.05, 0.1) is 16.9 Å². The summed E-state index contributed by atoms with van der Waals surface area (Å²) in [6.45, 7) is 1.07. The number of fused-ring (bicyclic) bond motifs is 2. The van der Waals surface area contributed by atoms with E-state index < -0.39 is 34.4 Å². The normalized spacial score (nSPS) is 20.2. The molecule has 9 heteroatoms. The van der Waals surface area contributed by atoms with Gasteiger partial charge < -0.3 is 10.2 Å². The van der Waals surface area contributed by atoms with Crippen LogP contribution in [0.15, 0.2) is 53.4 Å². The van der Waals surface area contributed by atoms with Gasteiger partial charge in [0.15, 0.2) is 0 Å². The number of benzene rings is 2. The third-order valence-electron chi connectivity index (χ3n) is 4.82. The van der Waals surface area contributed by atoms with E-state index in [0.717, 1.165) is 0 Å². The molecule has 8 nitrogen and oxygen atoms in total. The number of amides is 3. The summed E-state index contributed by atoms with van der Waals surface area (Å²) in [6, 6.07) is 12.1. The van der Waals surface area contributed by atoms with Gasteiger partial charge in [-0.1, -0.05) is 24.3 Å². The Hall–Kier alpha value is -3.20. The van der Waals surface area contributed by atoms with Gasteiger partial charge in [-0.05, 0) is 31.2 Å². The van der Waals surface area contributed by atoms with Crippen molar-refractivity contribution >= 4 is 39.1 Å². The van der Waals surface area contributed by atoms with E-state index in [1.807, 2.05) is 0 Å². The molecule has 4 rings (SSSR count). The van der Waals surface area contributed by atoms with E-state index in [-0.39, 0.29) is 22.8 Å². The van der Waals surface area contributed by atoms with Crippen LogP contribution in [0, 0.1) is 0 Å². The van der Waals surface area contributed by atoms with Crippen LogP contribution in [0.25, 0.3) is 0 Å². The summed E-state index contributed by atoms with van der Waals surface area (Å²) >= 11 is 0. The van der Waals surface area contributed by atoms with Crippen molar-refractivity contribution in [1.29, 1.82) is 0 Å². The Kier molecular flexibility index (Phi) is 4.19. The molecule has 0 saturated heterocycles. The molecule has 2 heterocycles. The first-order valence-electron chi connectivity index (χ1n) is 8.68. The molecule has 2 aliphatic heterocycles. The molecule has 0 saturated carbocycles. The smallest absolute Gasteiger partial charge is 0.269 e. The molecule has 2 aromatic carbocycles. The highest BCUT2D eigenvalue weighted by molar-refractivity contribution is 7.90. The minimum absolute atomic E-state index is 0.0523. The zero-order valence-corrected chi connectivity index (χ0v) is 15.8. The molecule has 0 spiro atoms. The number of para-hydroxylation sites is 2. The van der Waals surface area contributed by atoms with Gasteiger partial charge in [0.1, 0.15) is 11.4 Å². The van der Waals surface area contributed by atoms with Crippen LogP contribution in [0.4, 0.5) is 11.4 Å². The minimum atomic E-state index is -4.09. The molecule has 3 amide bonds. The average Bonchev–Trinajstić information content (AvgIpc) is 2.76. The van der Waals surface area contributed by atoms with Crippen LogP contribution in [0.2, 0.25) is 0 Å². The van der Waals surface area contributed by atoms with Crippen molar-refractivity contribution in [2.75, 3.05) is 16.8 Å². The number of carbonyl (C=O) groups excluding carboxylic acids is 3. The largest absolute Gasteiger partial charge is 0.324 e. The van der Waals surface area contributed by atoms with E-state index in [9.17, 15) is 22.8 Å². The van der Waals surface area contributed by atoms with Gasteiger partial charge >= 0.3 is 0 Å². The Balaban J connectivity index is 1.69. The van der Waals surface area contributed by atoms with E-state index in [1.165, 1.54) is 23.1 Å². The number of hydrogen-bond donors (Lipinski definition) is 1. The molecule has 1 N–H and O–H groups in total. The summed E-state index contributed by atoms with van der Waals surface area (Å²) in [5.74, 6) is -1.55.